The van der Waals surface area contributed by atoms with Gasteiger partial charge in [-0.2, -0.15) is 0 Å². The van der Waals surface area contributed by atoms with Crippen LogP contribution in [-0.2, 0) is 35.6 Å². The van der Waals surface area contributed by atoms with Gasteiger partial charge in [-0.05, 0) is 61.4 Å². The second-order valence-electron chi connectivity index (χ2n) is 15.9. The molecule has 1 heterocycles. The molecule has 3 unspecified atom stereocenters. The highest BCUT2D eigenvalue weighted by Gasteiger charge is 2.41. The Morgan fingerprint density at radius 2 is 1.62 bits per heavy atom. The van der Waals surface area contributed by atoms with Crippen LogP contribution >= 0.6 is 0 Å². The number of ether oxygens (including phenoxy) is 1. The number of rotatable bonds is 19. The number of aliphatic hydroxyl groups is 1. The average molecular weight is 784 g/mol. The lowest BCUT2D eigenvalue weighted by Gasteiger charge is -2.36. The van der Waals surface area contributed by atoms with Crippen molar-refractivity contribution < 1.29 is 37.4 Å². The monoisotopic (exact) mass is 783 g/mol. The third-order valence-corrected chi connectivity index (χ3v) is 11.9. The molecule has 13 nitrogen and oxygen atoms in total. The lowest BCUT2D eigenvalue weighted by Crippen LogP contribution is -2.58. The molecule has 55 heavy (non-hydrogen) atoms. The molecular formula is C41H61N5O8S. The van der Waals surface area contributed by atoms with E-state index in [1.165, 1.54) is 31.0 Å². The molecule has 2 aromatic carbocycles. The van der Waals surface area contributed by atoms with Gasteiger partial charge in [0.2, 0.25) is 33.7 Å². The average Bonchev–Trinajstić information content (AvgIpc) is 3.56. The lowest BCUT2D eigenvalue weighted by molar-refractivity contribution is -0.143. The molecule has 5 atom stereocenters. The van der Waals surface area contributed by atoms with E-state index in [0.29, 0.717) is 24.3 Å². The Kier molecular flexibility index (Phi) is 16.1. The van der Waals surface area contributed by atoms with E-state index in [0.717, 1.165) is 37.7 Å². The molecule has 0 saturated heterocycles. The summed E-state index contributed by atoms with van der Waals surface area (Å²) in [5.74, 6) is -0.857. The molecule has 0 bridgehead atoms. The number of fused-ring (bicyclic) bond motifs is 1. The van der Waals surface area contributed by atoms with E-state index in [-0.39, 0.29) is 54.4 Å². The largest absolute Gasteiger partial charge is 0.491 e. The van der Waals surface area contributed by atoms with Crippen LogP contribution in [0.5, 0.6) is 5.75 Å². The SMILES string of the molecule is CNS(=O)(=O)c1ccc2c(c1)C(N(C(C)=O)[C@@H](Cc1ccccc1)C(=O)N[C@@H](CC(C)C)C(=O)NC(CC1CCCCC1)C(O)CC(=O)NCC(C)C)CO2. The quantitative estimate of drug-likeness (QED) is 0.142. The van der Waals surface area contributed by atoms with Crippen molar-refractivity contribution >= 4 is 33.7 Å². The Balaban J connectivity index is 1.64. The number of aliphatic hydroxyl groups excluding tert-OH is 1. The fourth-order valence-corrected chi connectivity index (χ4v) is 8.34. The summed E-state index contributed by atoms with van der Waals surface area (Å²) in [6, 6.07) is 10.00. The zero-order valence-electron chi connectivity index (χ0n) is 33.2. The van der Waals surface area contributed by atoms with Gasteiger partial charge in [0.1, 0.15) is 24.4 Å². The predicted molar refractivity (Wildman–Crippen MR) is 210 cm³/mol. The molecule has 1 aliphatic carbocycles. The third-order valence-electron chi connectivity index (χ3n) is 10.5. The number of hydrogen-bond acceptors (Lipinski definition) is 8. The van der Waals surface area contributed by atoms with E-state index < -0.39 is 58.0 Å². The van der Waals surface area contributed by atoms with Crippen LogP contribution in [0.15, 0.2) is 53.4 Å². The summed E-state index contributed by atoms with van der Waals surface area (Å²) in [7, 11) is -2.51. The normalized spacial score (nSPS) is 18.1. The second kappa shape index (κ2) is 20.2. The van der Waals surface area contributed by atoms with Gasteiger partial charge in [-0.1, -0.05) is 90.1 Å². The minimum atomic E-state index is -3.82. The highest BCUT2D eigenvalue weighted by Crippen LogP contribution is 2.39. The summed E-state index contributed by atoms with van der Waals surface area (Å²) >= 11 is 0. The number of carbonyl (C=O) groups is 4. The fourth-order valence-electron chi connectivity index (χ4n) is 7.57. The summed E-state index contributed by atoms with van der Waals surface area (Å²) in [5.41, 5.74) is 1.22. The van der Waals surface area contributed by atoms with Gasteiger partial charge in [0.05, 0.1) is 29.5 Å². The summed E-state index contributed by atoms with van der Waals surface area (Å²) in [5, 5.41) is 20.2. The summed E-state index contributed by atoms with van der Waals surface area (Å²) in [4.78, 5) is 56.6. The lowest BCUT2D eigenvalue weighted by atomic mass is 9.83. The minimum absolute atomic E-state index is 0.00206. The van der Waals surface area contributed by atoms with Gasteiger partial charge in [-0.25, -0.2) is 13.1 Å². The summed E-state index contributed by atoms with van der Waals surface area (Å²) < 4.78 is 33.7. The maximum Gasteiger partial charge on any atom is 0.243 e. The zero-order chi connectivity index (χ0) is 40.3. The van der Waals surface area contributed by atoms with E-state index in [4.69, 9.17) is 4.74 Å². The number of sulfonamides is 1. The van der Waals surface area contributed by atoms with Gasteiger partial charge < -0.3 is 30.7 Å². The minimum Gasteiger partial charge on any atom is -0.491 e. The first-order chi connectivity index (χ1) is 26.1. The van der Waals surface area contributed by atoms with Gasteiger partial charge in [-0.3, -0.25) is 19.2 Å². The molecule has 1 aliphatic heterocycles. The second-order valence-corrected chi connectivity index (χ2v) is 17.8. The molecule has 2 aromatic rings. The maximum atomic E-state index is 14.6. The number of benzene rings is 2. The van der Waals surface area contributed by atoms with Crippen LogP contribution in [0.4, 0.5) is 0 Å². The Bertz CT molecular complexity index is 1710. The van der Waals surface area contributed by atoms with Crippen molar-refractivity contribution in [2.75, 3.05) is 20.2 Å². The first kappa shape index (κ1) is 43.7. The van der Waals surface area contributed by atoms with Gasteiger partial charge in [-0.15, -0.1) is 0 Å². The Morgan fingerprint density at radius 1 is 0.927 bits per heavy atom. The molecule has 4 amide bonds. The van der Waals surface area contributed by atoms with Crippen LogP contribution in [0.25, 0.3) is 0 Å². The predicted octanol–water partition coefficient (Wildman–Crippen LogP) is 4.00. The van der Waals surface area contributed by atoms with Gasteiger partial charge in [0.25, 0.3) is 0 Å². The molecule has 0 aromatic heterocycles. The maximum absolute atomic E-state index is 14.6. The Morgan fingerprint density at radius 3 is 2.24 bits per heavy atom. The molecule has 304 valence electrons. The van der Waals surface area contributed by atoms with Crippen LogP contribution < -0.4 is 25.4 Å². The van der Waals surface area contributed by atoms with E-state index in [2.05, 4.69) is 20.7 Å². The highest BCUT2D eigenvalue weighted by molar-refractivity contribution is 7.89. The van der Waals surface area contributed by atoms with Crippen molar-refractivity contribution in [3.8, 4) is 5.75 Å². The number of amides is 4. The molecule has 4 rings (SSSR count). The molecular weight excluding hydrogens is 723 g/mol. The van der Waals surface area contributed by atoms with E-state index >= 15 is 0 Å². The number of nitrogens with one attached hydrogen (secondary N) is 4. The Hall–Kier alpha value is -4.01. The zero-order valence-corrected chi connectivity index (χ0v) is 34.0. The standard InChI is InChI=1S/C41H61N5O8S/c1-26(2)19-34(40(50)44-33(20-29-13-9-7-10-14-29)37(48)23-39(49)43-24-27(3)4)45-41(51)35(21-30-15-11-8-12-16-30)46(28(5)47)36-25-54-38-18-17-31(22-32(36)38)55(52,53)42-6/h8,11-12,15-18,22,26-27,29,33-37,42,48H,7,9-10,13-14,19-21,23-25H2,1-6H3,(H,43,49)(H,44,50)(H,45,51)/t33?,34-,35-,36?,37?/m0/s1. The Labute approximate surface area is 326 Å². The first-order valence-corrected chi connectivity index (χ1v) is 21.2. The van der Waals surface area contributed by atoms with Crippen LogP contribution in [0.3, 0.4) is 0 Å². The van der Waals surface area contributed by atoms with Crippen molar-refractivity contribution in [2.24, 2.45) is 17.8 Å². The van der Waals surface area contributed by atoms with Crippen molar-refractivity contribution in [1.82, 2.24) is 25.6 Å². The van der Waals surface area contributed by atoms with Crippen molar-refractivity contribution in [3.05, 3.63) is 59.7 Å². The molecule has 2 aliphatic rings. The van der Waals surface area contributed by atoms with E-state index in [1.807, 2.05) is 58.0 Å². The van der Waals surface area contributed by atoms with Crippen LogP contribution in [-0.4, -0.2) is 86.5 Å². The highest BCUT2D eigenvalue weighted by atomic mass is 32.2. The van der Waals surface area contributed by atoms with E-state index in [1.54, 1.807) is 6.07 Å². The van der Waals surface area contributed by atoms with Crippen LogP contribution in [0.2, 0.25) is 0 Å². The van der Waals surface area contributed by atoms with Crippen molar-refractivity contribution in [1.29, 1.82) is 0 Å². The topological polar surface area (TPSA) is 183 Å². The van der Waals surface area contributed by atoms with E-state index in [9.17, 15) is 32.7 Å². The molecule has 0 spiro atoms. The molecule has 1 fully saturated rings. The van der Waals surface area contributed by atoms with Gasteiger partial charge in [0, 0.05) is 25.5 Å². The summed E-state index contributed by atoms with van der Waals surface area (Å²) in [6.07, 6.45) is 4.83. The number of nitrogens with zero attached hydrogens (tertiary/aromatic N) is 1. The molecule has 1 saturated carbocycles. The number of carbonyl (C=O) groups excluding carboxylic acids is 4. The van der Waals surface area contributed by atoms with Crippen LogP contribution in [0.1, 0.15) is 103 Å². The smallest absolute Gasteiger partial charge is 0.243 e. The molecule has 5 N–H and O–H groups in total. The third kappa shape index (κ3) is 12.5. The fraction of sp³-hybridized carbons (Fsp3) is 0.610. The molecule has 0 radical (unpaired) electrons. The van der Waals surface area contributed by atoms with Crippen molar-refractivity contribution in [2.45, 2.75) is 128 Å². The number of hydrogen-bond donors (Lipinski definition) is 5. The van der Waals surface area contributed by atoms with Gasteiger partial charge >= 0.3 is 0 Å². The van der Waals surface area contributed by atoms with Crippen LogP contribution in [0, 0.1) is 17.8 Å². The molecule has 14 heteroatoms. The van der Waals surface area contributed by atoms with Crippen molar-refractivity contribution in [3.63, 3.8) is 0 Å². The van der Waals surface area contributed by atoms with Gasteiger partial charge in [0.15, 0.2) is 0 Å². The first-order valence-electron chi connectivity index (χ1n) is 19.7. The summed E-state index contributed by atoms with van der Waals surface area (Å²) in [6.45, 7) is 9.67.